The molecule has 2 aromatic carbocycles. The number of primary amides is 1. The monoisotopic (exact) mass is 487 g/mol. The van der Waals surface area contributed by atoms with Gasteiger partial charge in [-0.05, 0) is 43.0 Å². The molecule has 1 unspecified atom stereocenters. The molecular weight excluding hydrogens is 464 g/mol. The Kier molecular flexibility index (Phi) is 7.54. The Hall–Kier alpha value is -3.08. The van der Waals surface area contributed by atoms with Crippen LogP contribution in [-0.2, 0) is 23.6 Å². The molecule has 3 N–H and O–H groups in total. The van der Waals surface area contributed by atoms with Crippen molar-refractivity contribution in [3.05, 3.63) is 70.8 Å². The molecule has 0 bridgehead atoms. The Bertz CT molecular complexity index is 983. The molecule has 0 aliphatic carbocycles. The van der Waals surface area contributed by atoms with Crippen LogP contribution in [0.4, 0.5) is 26.3 Å². The van der Waals surface area contributed by atoms with E-state index in [1.54, 1.807) is 0 Å². The molecule has 0 spiro atoms. The summed E-state index contributed by atoms with van der Waals surface area (Å²) >= 11 is 0. The zero-order chi connectivity index (χ0) is 25.1. The summed E-state index contributed by atoms with van der Waals surface area (Å²) < 4.78 is 78.6. The molecule has 0 radical (unpaired) electrons. The summed E-state index contributed by atoms with van der Waals surface area (Å²) in [7, 11) is 0. The lowest BCUT2D eigenvalue weighted by Crippen LogP contribution is -2.52. The predicted octanol–water partition coefficient (Wildman–Crippen LogP) is 4.02. The summed E-state index contributed by atoms with van der Waals surface area (Å²) in [6, 6.07) is 9.20. The highest BCUT2D eigenvalue weighted by atomic mass is 19.4. The number of piperidine rings is 1. The average molecular weight is 487 g/mol. The molecule has 11 heteroatoms. The fraction of sp³-hybridized carbons (Fsp3) is 0.391. The Labute approximate surface area is 191 Å². The van der Waals surface area contributed by atoms with Gasteiger partial charge in [0.05, 0.1) is 17.2 Å². The van der Waals surface area contributed by atoms with Crippen LogP contribution in [0.3, 0.4) is 0 Å². The molecule has 184 valence electrons. The third kappa shape index (κ3) is 6.49. The van der Waals surface area contributed by atoms with E-state index in [0.29, 0.717) is 31.4 Å². The maximum absolute atomic E-state index is 13.1. The third-order valence-electron chi connectivity index (χ3n) is 5.68. The normalized spacial score (nSPS) is 16.4. The number of amides is 2. The van der Waals surface area contributed by atoms with E-state index in [1.165, 1.54) is 4.90 Å². The summed E-state index contributed by atoms with van der Waals surface area (Å²) in [4.78, 5) is 25.8. The number of hydrogen-bond acceptors (Lipinski definition) is 3. The van der Waals surface area contributed by atoms with Crippen molar-refractivity contribution in [3.63, 3.8) is 0 Å². The lowest BCUT2D eigenvalue weighted by atomic mass is 9.99. The molecule has 1 aliphatic rings. The van der Waals surface area contributed by atoms with Crippen molar-refractivity contribution >= 4 is 11.8 Å². The van der Waals surface area contributed by atoms with Crippen molar-refractivity contribution in [2.24, 2.45) is 5.73 Å². The largest absolute Gasteiger partial charge is 0.416 e. The van der Waals surface area contributed by atoms with E-state index >= 15 is 0 Å². The summed E-state index contributed by atoms with van der Waals surface area (Å²) in [6.45, 7) is 0.204. The summed E-state index contributed by atoms with van der Waals surface area (Å²) in [5, 5.41) is 3.15. The molecule has 0 aromatic heterocycles. The molecular formula is C23H23F6N3O2. The fourth-order valence-electron chi connectivity index (χ4n) is 3.89. The molecule has 1 saturated heterocycles. The summed E-state index contributed by atoms with van der Waals surface area (Å²) in [5.74, 6) is -1.46. The highest BCUT2D eigenvalue weighted by Crippen LogP contribution is 2.36. The second-order valence-electron chi connectivity index (χ2n) is 8.17. The van der Waals surface area contributed by atoms with Crippen molar-refractivity contribution in [2.75, 3.05) is 13.1 Å². The highest BCUT2D eigenvalue weighted by Gasteiger charge is 2.38. The molecule has 34 heavy (non-hydrogen) atoms. The number of nitrogens with one attached hydrogen (secondary N) is 1. The molecule has 0 saturated carbocycles. The van der Waals surface area contributed by atoms with Crippen LogP contribution >= 0.6 is 0 Å². The first-order valence-electron chi connectivity index (χ1n) is 10.5. The topological polar surface area (TPSA) is 75.4 Å². The number of hydrogen-bond donors (Lipinski definition) is 2. The molecule has 1 aliphatic heterocycles. The number of nitrogens with two attached hydrogens (primary N) is 1. The van der Waals surface area contributed by atoms with E-state index in [-0.39, 0.29) is 25.2 Å². The average Bonchev–Trinajstić information content (AvgIpc) is 2.78. The molecule has 1 atom stereocenters. The highest BCUT2D eigenvalue weighted by molar-refractivity contribution is 5.94. The number of carbonyl (C=O) groups excluding carboxylic acids is 2. The molecule has 2 amide bonds. The van der Waals surface area contributed by atoms with E-state index in [4.69, 9.17) is 5.73 Å². The Morgan fingerprint density at radius 2 is 1.47 bits per heavy atom. The van der Waals surface area contributed by atoms with E-state index in [9.17, 15) is 35.9 Å². The first-order valence-corrected chi connectivity index (χ1v) is 10.5. The van der Waals surface area contributed by atoms with Crippen molar-refractivity contribution in [3.8, 4) is 0 Å². The van der Waals surface area contributed by atoms with E-state index in [1.807, 2.05) is 30.3 Å². The van der Waals surface area contributed by atoms with Gasteiger partial charge in [-0.3, -0.25) is 9.59 Å². The zero-order valence-corrected chi connectivity index (χ0v) is 17.9. The van der Waals surface area contributed by atoms with Crippen LogP contribution in [0.15, 0.2) is 48.5 Å². The first-order chi connectivity index (χ1) is 15.8. The van der Waals surface area contributed by atoms with Crippen molar-refractivity contribution in [1.29, 1.82) is 0 Å². The lowest BCUT2D eigenvalue weighted by Gasteiger charge is -2.34. The second-order valence-corrected chi connectivity index (χ2v) is 8.17. The van der Waals surface area contributed by atoms with Crippen LogP contribution in [0.5, 0.6) is 0 Å². The van der Waals surface area contributed by atoms with Gasteiger partial charge in [0.1, 0.15) is 0 Å². The van der Waals surface area contributed by atoms with Gasteiger partial charge in [0, 0.05) is 24.7 Å². The van der Waals surface area contributed by atoms with Crippen LogP contribution < -0.4 is 11.1 Å². The minimum Gasteiger partial charge on any atom is -0.368 e. The van der Waals surface area contributed by atoms with E-state index in [0.717, 1.165) is 5.56 Å². The van der Waals surface area contributed by atoms with Gasteiger partial charge in [0.2, 0.25) is 5.91 Å². The first kappa shape index (κ1) is 25.5. The minimum atomic E-state index is -5.03. The molecule has 2 aromatic rings. The smallest absolute Gasteiger partial charge is 0.368 e. The standard InChI is InChI=1S/C23H23F6N3O2/c24-22(25,26)16-11-15(12-17(13-16)23(27,28)29)21(34)32-8-6-18(7-9-32)31-19(20(30)33)10-14-4-2-1-3-5-14/h1-5,11-13,18-19,31H,6-10H2,(H2,30,33). The molecule has 5 nitrogen and oxygen atoms in total. The Morgan fingerprint density at radius 3 is 1.94 bits per heavy atom. The number of halogens is 6. The number of likely N-dealkylation sites (tertiary alicyclic amines) is 1. The maximum atomic E-state index is 13.1. The fourth-order valence-corrected chi connectivity index (χ4v) is 3.89. The number of nitrogens with zero attached hydrogens (tertiary/aromatic N) is 1. The lowest BCUT2D eigenvalue weighted by molar-refractivity contribution is -0.143. The van der Waals surface area contributed by atoms with Crippen LogP contribution in [0.1, 0.15) is 39.9 Å². The minimum absolute atomic E-state index is 0.0103. The van der Waals surface area contributed by atoms with Gasteiger partial charge in [-0.15, -0.1) is 0 Å². The number of alkyl halides is 6. The zero-order valence-electron chi connectivity index (χ0n) is 17.9. The molecule has 3 rings (SSSR count). The van der Waals surface area contributed by atoms with Gasteiger partial charge in [-0.25, -0.2) is 0 Å². The Morgan fingerprint density at radius 1 is 0.941 bits per heavy atom. The van der Waals surface area contributed by atoms with Gasteiger partial charge < -0.3 is 16.0 Å². The van der Waals surface area contributed by atoms with Gasteiger partial charge in [0.25, 0.3) is 5.91 Å². The number of benzene rings is 2. The predicted molar refractivity (Wildman–Crippen MR) is 112 cm³/mol. The van der Waals surface area contributed by atoms with Gasteiger partial charge >= 0.3 is 12.4 Å². The summed E-state index contributed by atoms with van der Waals surface area (Å²) in [6.07, 6.45) is -8.99. The number of rotatable bonds is 6. The maximum Gasteiger partial charge on any atom is 0.416 e. The van der Waals surface area contributed by atoms with Crippen molar-refractivity contribution in [1.82, 2.24) is 10.2 Å². The van der Waals surface area contributed by atoms with E-state index < -0.39 is 46.9 Å². The quantitative estimate of drug-likeness (QED) is 0.605. The number of carbonyl (C=O) groups is 2. The Balaban J connectivity index is 1.68. The van der Waals surface area contributed by atoms with Crippen molar-refractivity contribution in [2.45, 2.75) is 43.7 Å². The van der Waals surface area contributed by atoms with Crippen LogP contribution in [0, 0.1) is 0 Å². The third-order valence-corrected chi connectivity index (χ3v) is 5.68. The van der Waals surface area contributed by atoms with Crippen LogP contribution in [-0.4, -0.2) is 41.9 Å². The molecule has 1 fully saturated rings. The van der Waals surface area contributed by atoms with Crippen LogP contribution in [0.25, 0.3) is 0 Å². The van der Waals surface area contributed by atoms with Gasteiger partial charge in [0.15, 0.2) is 0 Å². The van der Waals surface area contributed by atoms with E-state index in [2.05, 4.69) is 5.32 Å². The molecule has 1 heterocycles. The van der Waals surface area contributed by atoms with Gasteiger partial charge in [-0.2, -0.15) is 26.3 Å². The van der Waals surface area contributed by atoms with Gasteiger partial charge in [-0.1, -0.05) is 30.3 Å². The SMILES string of the molecule is NC(=O)C(Cc1ccccc1)NC1CCN(C(=O)c2cc(C(F)(F)F)cc(C(F)(F)F)c2)CC1. The summed E-state index contributed by atoms with van der Waals surface area (Å²) in [5.41, 5.74) is 2.66. The second kappa shape index (κ2) is 10.0. The van der Waals surface area contributed by atoms with Crippen molar-refractivity contribution < 1.29 is 35.9 Å². The van der Waals surface area contributed by atoms with Crippen LogP contribution in [0.2, 0.25) is 0 Å².